The molecule has 0 bridgehead atoms. The number of likely N-dealkylation sites (tertiary alicyclic amines) is 1. The van der Waals surface area contributed by atoms with Crippen molar-refractivity contribution in [2.24, 2.45) is 5.73 Å². The largest absolute Gasteiger partial charge is 0.573 e. The average Bonchev–Trinajstić information content (AvgIpc) is 2.73. The van der Waals surface area contributed by atoms with Gasteiger partial charge >= 0.3 is 6.36 Å². The maximum Gasteiger partial charge on any atom is 0.573 e. The Morgan fingerprint density at radius 1 is 0.812 bits per heavy atom. The van der Waals surface area contributed by atoms with Crippen LogP contribution in [0, 0.1) is 0 Å². The van der Waals surface area contributed by atoms with Crippen molar-refractivity contribution >= 4 is 0 Å². The standard InChI is InChI=1S/C24H23F3N2O3/c1-29-15-22(28,16-29)23(30,18-9-13-21(14-10-18)32-24(25,26)27)17-7-11-20(12-8-17)31-19-5-3-2-4-6-19/h2-14,30H,15-16,28H2,1H3. The molecule has 1 heterocycles. The molecule has 1 saturated heterocycles. The molecule has 1 aliphatic rings. The SMILES string of the molecule is CN1CC(N)(C(O)(c2ccc(Oc3ccccc3)cc2)c2ccc(OC(F)(F)F)cc2)C1. The first-order chi connectivity index (χ1) is 15.1. The lowest BCUT2D eigenvalue weighted by molar-refractivity contribution is -0.274. The fourth-order valence-corrected chi connectivity index (χ4v) is 4.17. The van der Waals surface area contributed by atoms with E-state index in [4.69, 9.17) is 10.5 Å². The fraction of sp³-hybridized carbons (Fsp3) is 0.250. The zero-order chi connectivity index (χ0) is 23.0. The zero-order valence-corrected chi connectivity index (χ0v) is 17.3. The predicted molar refractivity (Wildman–Crippen MR) is 113 cm³/mol. The molecule has 1 fully saturated rings. The molecule has 3 aromatic rings. The van der Waals surface area contributed by atoms with Gasteiger partial charge in [-0.15, -0.1) is 13.2 Å². The van der Waals surface area contributed by atoms with Crippen LogP contribution in [0.5, 0.6) is 17.2 Å². The summed E-state index contributed by atoms with van der Waals surface area (Å²) in [6.07, 6.45) is -4.79. The Hall–Kier alpha value is -3.07. The third-order valence-electron chi connectivity index (χ3n) is 5.58. The molecule has 0 spiro atoms. The fourth-order valence-electron chi connectivity index (χ4n) is 4.17. The normalized spacial score (nSPS) is 17.8. The molecule has 3 aromatic carbocycles. The highest BCUT2D eigenvalue weighted by molar-refractivity contribution is 5.46. The lowest BCUT2D eigenvalue weighted by Crippen LogP contribution is -2.75. The number of nitrogens with zero attached hydrogens (tertiary/aromatic N) is 1. The molecule has 8 heteroatoms. The topological polar surface area (TPSA) is 68.0 Å². The van der Waals surface area contributed by atoms with Crippen LogP contribution >= 0.6 is 0 Å². The average molecular weight is 444 g/mol. The minimum Gasteiger partial charge on any atom is -0.457 e. The molecular formula is C24H23F3N2O3. The van der Waals surface area contributed by atoms with Crippen molar-refractivity contribution in [2.75, 3.05) is 20.1 Å². The summed E-state index contributed by atoms with van der Waals surface area (Å²) in [6.45, 7) is 0.819. The highest BCUT2D eigenvalue weighted by atomic mass is 19.4. The highest BCUT2D eigenvalue weighted by Crippen LogP contribution is 2.43. The Morgan fingerprint density at radius 2 is 1.28 bits per heavy atom. The number of hydrogen-bond acceptors (Lipinski definition) is 5. The van der Waals surface area contributed by atoms with Gasteiger partial charge in [-0.25, -0.2) is 0 Å². The molecule has 1 atom stereocenters. The van der Waals surface area contributed by atoms with Crippen molar-refractivity contribution < 1.29 is 27.8 Å². The molecule has 0 aliphatic carbocycles. The van der Waals surface area contributed by atoms with E-state index in [9.17, 15) is 18.3 Å². The predicted octanol–water partition coefficient (Wildman–Crippen LogP) is 4.26. The Morgan fingerprint density at radius 3 is 1.75 bits per heavy atom. The molecule has 0 amide bonds. The summed E-state index contributed by atoms with van der Waals surface area (Å²) in [5, 5.41) is 11.9. The van der Waals surface area contributed by atoms with Gasteiger partial charge in [0.25, 0.3) is 0 Å². The van der Waals surface area contributed by atoms with Gasteiger partial charge in [0.05, 0.1) is 5.54 Å². The van der Waals surface area contributed by atoms with Crippen molar-refractivity contribution in [3.8, 4) is 17.2 Å². The smallest absolute Gasteiger partial charge is 0.457 e. The highest BCUT2D eigenvalue weighted by Gasteiger charge is 2.56. The van der Waals surface area contributed by atoms with Gasteiger partial charge in [0.2, 0.25) is 0 Å². The number of alkyl halides is 3. The molecular weight excluding hydrogens is 421 g/mol. The summed E-state index contributed by atoms with van der Waals surface area (Å²) >= 11 is 0. The van der Waals surface area contributed by atoms with E-state index in [1.807, 2.05) is 42.3 Å². The van der Waals surface area contributed by atoms with E-state index >= 15 is 0 Å². The van der Waals surface area contributed by atoms with Crippen molar-refractivity contribution in [3.63, 3.8) is 0 Å². The van der Waals surface area contributed by atoms with E-state index < -0.39 is 17.5 Å². The number of para-hydroxylation sites is 1. The molecule has 4 rings (SSSR count). The third kappa shape index (κ3) is 4.29. The third-order valence-corrected chi connectivity index (χ3v) is 5.58. The maximum atomic E-state index is 12.5. The molecule has 1 unspecified atom stereocenters. The summed E-state index contributed by atoms with van der Waals surface area (Å²) in [6, 6.07) is 21.3. The second kappa shape index (κ2) is 8.12. The number of benzene rings is 3. The van der Waals surface area contributed by atoms with Crippen LogP contribution in [0.3, 0.4) is 0 Å². The molecule has 0 saturated carbocycles. The Balaban J connectivity index is 1.66. The number of aliphatic hydroxyl groups is 1. The number of nitrogens with two attached hydrogens (primary N) is 1. The van der Waals surface area contributed by atoms with E-state index in [0.717, 1.165) is 0 Å². The molecule has 5 nitrogen and oxygen atoms in total. The first-order valence-corrected chi connectivity index (χ1v) is 9.99. The molecule has 0 aromatic heterocycles. The van der Waals surface area contributed by atoms with E-state index in [2.05, 4.69) is 4.74 Å². The molecule has 3 N–H and O–H groups in total. The number of halogens is 3. The van der Waals surface area contributed by atoms with Crippen LogP contribution < -0.4 is 15.2 Å². The van der Waals surface area contributed by atoms with E-state index in [1.54, 1.807) is 24.3 Å². The lowest BCUT2D eigenvalue weighted by Gasteiger charge is -2.55. The summed E-state index contributed by atoms with van der Waals surface area (Å²) in [4.78, 5) is 1.96. The van der Waals surface area contributed by atoms with Crippen LogP contribution in [0.25, 0.3) is 0 Å². The lowest BCUT2D eigenvalue weighted by atomic mass is 9.67. The van der Waals surface area contributed by atoms with Gasteiger partial charge in [-0.05, 0) is 54.6 Å². The second-order valence-electron chi connectivity index (χ2n) is 8.05. The van der Waals surface area contributed by atoms with Gasteiger partial charge in [0, 0.05) is 13.1 Å². The van der Waals surface area contributed by atoms with E-state index in [0.29, 0.717) is 35.7 Å². The van der Waals surface area contributed by atoms with E-state index in [1.165, 1.54) is 24.3 Å². The number of rotatable bonds is 6. The van der Waals surface area contributed by atoms with Crippen molar-refractivity contribution in [2.45, 2.75) is 17.5 Å². The number of likely N-dealkylation sites (N-methyl/N-ethyl adjacent to an activating group) is 1. The van der Waals surface area contributed by atoms with Crippen molar-refractivity contribution in [3.05, 3.63) is 90.0 Å². The molecule has 168 valence electrons. The van der Waals surface area contributed by atoms with Crippen LogP contribution in [0.15, 0.2) is 78.9 Å². The maximum absolute atomic E-state index is 12.5. The van der Waals surface area contributed by atoms with Gasteiger partial charge < -0.3 is 25.2 Å². The Bertz CT molecular complexity index is 1050. The minimum absolute atomic E-state index is 0.369. The van der Waals surface area contributed by atoms with Gasteiger partial charge in [-0.1, -0.05) is 42.5 Å². The van der Waals surface area contributed by atoms with Gasteiger partial charge in [0.1, 0.15) is 22.8 Å². The summed E-state index contributed by atoms with van der Waals surface area (Å²) in [7, 11) is 1.88. The van der Waals surface area contributed by atoms with Gasteiger partial charge in [-0.3, -0.25) is 0 Å². The first kappa shape index (κ1) is 22.1. The molecule has 32 heavy (non-hydrogen) atoms. The monoisotopic (exact) mass is 444 g/mol. The van der Waals surface area contributed by atoms with E-state index in [-0.39, 0.29) is 5.75 Å². The van der Waals surface area contributed by atoms with Crippen molar-refractivity contribution in [1.29, 1.82) is 0 Å². The zero-order valence-electron chi connectivity index (χ0n) is 17.3. The minimum atomic E-state index is -4.79. The summed E-state index contributed by atoms with van der Waals surface area (Å²) in [5.74, 6) is 0.881. The van der Waals surface area contributed by atoms with Gasteiger partial charge in [-0.2, -0.15) is 0 Å². The first-order valence-electron chi connectivity index (χ1n) is 9.99. The van der Waals surface area contributed by atoms with Crippen LogP contribution in [0.2, 0.25) is 0 Å². The van der Waals surface area contributed by atoms with Crippen LogP contribution in [0.1, 0.15) is 11.1 Å². The second-order valence-corrected chi connectivity index (χ2v) is 8.05. The Labute approximate surface area is 183 Å². The van der Waals surface area contributed by atoms with Crippen LogP contribution in [-0.4, -0.2) is 42.0 Å². The molecule has 1 aliphatic heterocycles. The van der Waals surface area contributed by atoms with Crippen molar-refractivity contribution in [1.82, 2.24) is 4.90 Å². The quantitative estimate of drug-likeness (QED) is 0.595. The molecule has 0 radical (unpaired) electrons. The summed E-state index contributed by atoms with van der Waals surface area (Å²) in [5.41, 5.74) is 4.82. The van der Waals surface area contributed by atoms with Crippen LogP contribution in [0.4, 0.5) is 13.2 Å². The van der Waals surface area contributed by atoms with Gasteiger partial charge in [0.15, 0.2) is 0 Å². The van der Waals surface area contributed by atoms with Crippen LogP contribution in [-0.2, 0) is 5.60 Å². The summed E-state index contributed by atoms with van der Waals surface area (Å²) < 4.78 is 47.3. The Kier molecular flexibility index (Phi) is 5.62. The number of ether oxygens (including phenoxy) is 2. The number of hydrogen-bond donors (Lipinski definition) is 2.